The van der Waals surface area contributed by atoms with E-state index in [0.29, 0.717) is 0 Å². The number of rotatable bonds is 3. The summed E-state index contributed by atoms with van der Waals surface area (Å²) >= 11 is 11.1. The monoisotopic (exact) mass is 341 g/mol. The summed E-state index contributed by atoms with van der Waals surface area (Å²) < 4.78 is 54.4. The molecule has 4 nitrogen and oxygen atoms in total. The zero-order chi connectivity index (χ0) is 15.6. The van der Waals surface area contributed by atoms with E-state index in [1.54, 1.807) is 0 Å². The molecule has 0 aliphatic carbocycles. The van der Waals surface area contributed by atoms with E-state index in [-0.39, 0.29) is 16.0 Å². The Morgan fingerprint density at radius 1 is 1.19 bits per heavy atom. The van der Waals surface area contributed by atoms with Gasteiger partial charge in [-0.25, -0.2) is 9.37 Å². The van der Waals surface area contributed by atoms with Crippen LogP contribution in [-0.2, 0) is 0 Å². The highest BCUT2D eigenvalue weighted by Crippen LogP contribution is 2.38. The van der Waals surface area contributed by atoms with Crippen molar-refractivity contribution >= 4 is 34.7 Å². The van der Waals surface area contributed by atoms with E-state index in [2.05, 4.69) is 20.0 Å². The van der Waals surface area contributed by atoms with Crippen LogP contribution in [0.1, 0.15) is 0 Å². The van der Waals surface area contributed by atoms with Crippen LogP contribution in [-0.4, -0.2) is 16.3 Å². The van der Waals surface area contributed by atoms with Gasteiger partial charge in [0.25, 0.3) is 0 Å². The van der Waals surface area contributed by atoms with Crippen molar-refractivity contribution in [3.05, 3.63) is 40.5 Å². The lowest BCUT2D eigenvalue weighted by molar-refractivity contribution is -0.274. The minimum Gasteiger partial charge on any atom is -0.402 e. The third-order valence-electron chi connectivity index (χ3n) is 2.15. The third kappa shape index (κ3) is 4.08. The van der Waals surface area contributed by atoms with E-state index in [0.717, 1.165) is 6.20 Å². The Kier molecular flexibility index (Phi) is 4.38. The van der Waals surface area contributed by atoms with Crippen LogP contribution in [0.25, 0.3) is 0 Å². The van der Waals surface area contributed by atoms with Crippen LogP contribution in [0.2, 0.25) is 10.3 Å². The number of alkyl halides is 3. The van der Waals surface area contributed by atoms with Gasteiger partial charge in [0.05, 0.1) is 16.9 Å². The lowest BCUT2D eigenvalue weighted by Gasteiger charge is -2.15. The first-order valence-corrected chi connectivity index (χ1v) is 6.01. The van der Waals surface area contributed by atoms with Crippen molar-refractivity contribution < 1.29 is 22.3 Å². The number of halogens is 6. The summed E-state index contributed by atoms with van der Waals surface area (Å²) in [7, 11) is 0. The van der Waals surface area contributed by atoms with Crippen LogP contribution >= 0.6 is 23.2 Å². The topological polar surface area (TPSA) is 47.0 Å². The summed E-state index contributed by atoms with van der Waals surface area (Å²) in [5, 5.41) is 1.74. The van der Waals surface area contributed by atoms with E-state index in [9.17, 15) is 17.6 Å². The van der Waals surface area contributed by atoms with Crippen molar-refractivity contribution in [3.8, 4) is 5.75 Å². The van der Waals surface area contributed by atoms with E-state index >= 15 is 0 Å². The van der Waals surface area contributed by atoms with E-state index in [4.69, 9.17) is 23.2 Å². The van der Waals surface area contributed by atoms with E-state index < -0.39 is 23.7 Å². The minimum absolute atomic E-state index is 0.228. The molecule has 1 aromatic heterocycles. The lowest BCUT2D eigenvalue weighted by Crippen LogP contribution is -2.18. The van der Waals surface area contributed by atoms with Gasteiger partial charge in [-0.15, -0.1) is 13.2 Å². The largest absolute Gasteiger partial charge is 0.573 e. The second-order valence-corrected chi connectivity index (χ2v) is 4.37. The second kappa shape index (κ2) is 5.90. The van der Waals surface area contributed by atoms with Gasteiger partial charge in [0.15, 0.2) is 17.4 Å². The second-order valence-electron chi connectivity index (χ2n) is 3.62. The summed E-state index contributed by atoms with van der Waals surface area (Å²) in [5.74, 6) is -2.03. The van der Waals surface area contributed by atoms with Crippen LogP contribution in [0.4, 0.5) is 29.1 Å². The van der Waals surface area contributed by atoms with Gasteiger partial charge in [-0.2, -0.15) is 4.98 Å². The molecule has 0 unspecified atom stereocenters. The Balaban J connectivity index is 2.40. The summed E-state index contributed by atoms with van der Waals surface area (Å²) in [6.07, 6.45) is -4.18. The first-order chi connectivity index (χ1) is 9.76. The molecule has 0 amide bonds. The summed E-state index contributed by atoms with van der Waals surface area (Å²) in [5.41, 5.74) is -0.228. The molecule has 0 aliphatic rings. The van der Waals surface area contributed by atoms with Gasteiger partial charge in [0, 0.05) is 0 Å². The van der Waals surface area contributed by atoms with Crippen molar-refractivity contribution in [2.75, 3.05) is 5.32 Å². The summed E-state index contributed by atoms with van der Waals surface area (Å²) in [4.78, 5) is 6.91. The van der Waals surface area contributed by atoms with Crippen LogP contribution in [0.5, 0.6) is 5.75 Å². The quantitative estimate of drug-likeness (QED) is 0.656. The lowest BCUT2D eigenvalue weighted by atomic mass is 10.3. The smallest absolute Gasteiger partial charge is 0.402 e. The van der Waals surface area contributed by atoms with Crippen LogP contribution in [0.15, 0.2) is 24.4 Å². The Morgan fingerprint density at radius 3 is 2.57 bits per heavy atom. The molecule has 0 saturated heterocycles. The molecule has 0 atom stereocenters. The number of hydrogen-bond donors (Lipinski definition) is 1. The summed E-state index contributed by atoms with van der Waals surface area (Å²) in [6, 6.07) is 3.76. The fourth-order valence-corrected chi connectivity index (χ4v) is 1.73. The van der Waals surface area contributed by atoms with Crippen LogP contribution in [0, 0.1) is 5.82 Å². The van der Waals surface area contributed by atoms with Gasteiger partial charge in [-0.05, 0) is 23.7 Å². The number of para-hydroxylation sites is 1. The number of nitrogens with zero attached hydrogens (tertiary/aromatic N) is 2. The Labute approximate surface area is 125 Å². The van der Waals surface area contributed by atoms with Gasteiger partial charge < -0.3 is 10.1 Å². The van der Waals surface area contributed by atoms with E-state index in [1.807, 2.05) is 0 Å². The molecule has 0 fully saturated rings. The van der Waals surface area contributed by atoms with E-state index in [1.165, 1.54) is 18.2 Å². The van der Waals surface area contributed by atoms with Gasteiger partial charge in [-0.3, -0.25) is 0 Å². The first kappa shape index (κ1) is 15.6. The average molecular weight is 342 g/mol. The molecule has 1 N–H and O–H groups in total. The maximum Gasteiger partial charge on any atom is 0.573 e. The van der Waals surface area contributed by atoms with Crippen molar-refractivity contribution in [2.45, 2.75) is 6.36 Å². The molecule has 21 heavy (non-hydrogen) atoms. The highest BCUT2D eigenvalue weighted by Gasteiger charge is 2.33. The Bertz CT molecular complexity index is 666. The average Bonchev–Trinajstić information content (AvgIpc) is 2.37. The van der Waals surface area contributed by atoms with Crippen molar-refractivity contribution in [1.82, 2.24) is 9.97 Å². The SMILES string of the molecule is Fc1cnc(Cl)nc1Nc1cccc(Cl)c1OC(F)(F)F. The fourth-order valence-electron chi connectivity index (χ4n) is 1.39. The van der Waals surface area contributed by atoms with Crippen molar-refractivity contribution in [2.24, 2.45) is 0 Å². The number of hydrogen-bond acceptors (Lipinski definition) is 4. The van der Waals surface area contributed by atoms with Gasteiger partial charge >= 0.3 is 6.36 Å². The maximum absolute atomic E-state index is 13.5. The van der Waals surface area contributed by atoms with Crippen LogP contribution < -0.4 is 10.1 Å². The van der Waals surface area contributed by atoms with Crippen molar-refractivity contribution in [1.29, 1.82) is 0 Å². The molecule has 1 aromatic carbocycles. The zero-order valence-electron chi connectivity index (χ0n) is 9.88. The first-order valence-electron chi connectivity index (χ1n) is 5.25. The molecule has 0 bridgehead atoms. The predicted molar refractivity (Wildman–Crippen MR) is 68.4 cm³/mol. The number of aromatic nitrogens is 2. The molecule has 10 heteroatoms. The molecule has 112 valence electrons. The maximum atomic E-state index is 13.5. The minimum atomic E-state index is -4.96. The molecule has 2 rings (SSSR count). The third-order valence-corrected chi connectivity index (χ3v) is 2.63. The predicted octanol–water partition coefficient (Wildman–Crippen LogP) is 4.56. The number of ether oxygens (including phenoxy) is 1. The van der Waals surface area contributed by atoms with Crippen molar-refractivity contribution in [3.63, 3.8) is 0 Å². The Hall–Kier alpha value is -1.80. The number of nitrogens with one attached hydrogen (secondary N) is 1. The van der Waals surface area contributed by atoms with Crippen LogP contribution in [0.3, 0.4) is 0 Å². The van der Waals surface area contributed by atoms with Gasteiger partial charge in [-0.1, -0.05) is 17.7 Å². The highest BCUT2D eigenvalue weighted by molar-refractivity contribution is 6.32. The molecule has 0 radical (unpaired) electrons. The fraction of sp³-hybridized carbons (Fsp3) is 0.0909. The highest BCUT2D eigenvalue weighted by atomic mass is 35.5. The summed E-state index contributed by atoms with van der Waals surface area (Å²) in [6.45, 7) is 0. The van der Waals surface area contributed by atoms with Gasteiger partial charge in [0.1, 0.15) is 0 Å². The molecular formula is C11H5Cl2F4N3O. The molecule has 0 saturated carbocycles. The molecule has 0 spiro atoms. The molecule has 0 aliphatic heterocycles. The zero-order valence-corrected chi connectivity index (χ0v) is 11.4. The number of anilines is 2. The molecule has 1 heterocycles. The standard InChI is InChI=1S/C11H5Cl2F4N3O/c12-5-2-1-3-7(8(5)21-11(15,16)17)19-9-6(14)4-18-10(13)20-9/h1-4H,(H,18,19,20). The molecule has 2 aromatic rings. The van der Waals surface area contributed by atoms with Gasteiger partial charge in [0.2, 0.25) is 5.28 Å². The Morgan fingerprint density at radius 2 is 1.90 bits per heavy atom. The molecular weight excluding hydrogens is 337 g/mol. The normalized spacial score (nSPS) is 11.3. The number of benzene rings is 1.